The molecule has 3 aromatic carbocycles. The van der Waals surface area contributed by atoms with Crippen molar-refractivity contribution in [2.24, 2.45) is 0 Å². The van der Waals surface area contributed by atoms with Gasteiger partial charge in [-0.1, -0.05) is 84.9 Å². The van der Waals surface area contributed by atoms with E-state index in [0.717, 1.165) is 22.0 Å². The summed E-state index contributed by atoms with van der Waals surface area (Å²) in [4.78, 5) is 17.9. The number of hydrogen-bond donors (Lipinski definition) is 0. The predicted molar refractivity (Wildman–Crippen MR) is 101 cm³/mol. The minimum atomic E-state index is -0.373. The van der Waals surface area contributed by atoms with E-state index in [1.807, 2.05) is 91.0 Å². The summed E-state index contributed by atoms with van der Waals surface area (Å²) in [7, 11) is 0. The van der Waals surface area contributed by atoms with E-state index < -0.39 is 0 Å². The van der Waals surface area contributed by atoms with Crippen molar-refractivity contribution in [3.8, 4) is 0 Å². The summed E-state index contributed by atoms with van der Waals surface area (Å²) in [6.07, 6.45) is 1.78. The lowest BCUT2D eigenvalue weighted by molar-refractivity contribution is 0.0974. The van der Waals surface area contributed by atoms with Gasteiger partial charge in [0.2, 0.25) is 0 Å². The summed E-state index contributed by atoms with van der Waals surface area (Å²) in [5.41, 5.74) is 3.51. The number of Topliss-reactive ketones (excluding diaryl/α,β-unsaturated/α-hetero) is 1. The molecule has 120 valence electrons. The van der Waals surface area contributed by atoms with Crippen LogP contribution in [-0.2, 0) is 0 Å². The standard InChI is InChI=1S/C23H17NO/c25-23(19-11-5-2-6-12-19)21(17-9-3-1-4-10-17)20-15-7-13-18-14-8-16-24-22(18)20/h1-16,21H. The van der Waals surface area contributed by atoms with Crippen LogP contribution in [0.5, 0.6) is 0 Å². The van der Waals surface area contributed by atoms with Gasteiger partial charge in [0, 0.05) is 17.1 Å². The fraction of sp³-hybridized carbons (Fsp3) is 0.0435. The van der Waals surface area contributed by atoms with Crippen molar-refractivity contribution in [1.82, 2.24) is 4.98 Å². The largest absolute Gasteiger partial charge is 0.293 e. The molecule has 0 aliphatic carbocycles. The number of carbonyl (C=O) groups is 1. The fourth-order valence-corrected chi connectivity index (χ4v) is 3.25. The normalized spacial score (nSPS) is 12.0. The second-order valence-electron chi connectivity index (χ2n) is 6.00. The summed E-state index contributed by atoms with van der Waals surface area (Å²) >= 11 is 0. The molecule has 1 aromatic heterocycles. The fourth-order valence-electron chi connectivity index (χ4n) is 3.25. The highest BCUT2D eigenvalue weighted by Gasteiger charge is 2.25. The topological polar surface area (TPSA) is 30.0 Å². The van der Waals surface area contributed by atoms with Crippen molar-refractivity contribution in [2.75, 3.05) is 0 Å². The van der Waals surface area contributed by atoms with Crippen LogP contribution in [0.2, 0.25) is 0 Å². The predicted octanol–water partition coefficient (Wildman–Crippen LogP) is 5.25. The van der Waals surface area contributed by atoms with Gasteiger partial charge in [-0.3, -0.25) is 9.78 Å². The Hall–Kier alpha value is -3.26. The minimum Gasteiger partial charge on any atom is -0.293 e. The van der Waals surface area contributed by atoms with Crippen LogP contribution < -0.4 is 0 Å². The molecule has 0 radical (unpaired) electrons. The van der Waals surface area contributed by atoms with Crippen LogP contribution in [-0.4, -0.2) is 10.8 Å². The van der Waals surface area contributed by atoms with Crippen LogP contribution in [0.15, 0.2) is 97.2 Å². The molecule has 4 aromatic rings. The third-order valence-corrected chi connectivity index (χ3v) is 4.43. The molecule has 25 heavy (non-hydrogen) atoms. The van der Waals surface area contributed by atoms with Gasteiger partial charge >= 0.3 is 0 Å². The highest BCUT2D eigenvalue weighted by Crippen LogP contribution is 2.32. The van der Waals surface area contributed by atoms with Gasteiger partial charge in [-0.05, 0) is 17.2 Å². The Morgan fingerprint density at radius 3 is 2.16 bits per heavy atom. The van der Waals surface area contributed by atoms with Crippen LogP contribution in [0, 0.1) is 0 Å². The third-order valence-electron chi connectivity index (χ3n) is 4.43. The van der Waals surface area contributed by atoms with Crippen molar-refractivity contribution in [3.05, 3.63) is 114 Å². The molecule has 2 nitrogen and oxygen atoms in total. The molecule has 1 unspecified atom stereocenters. The number of hydrogen-bond acceptors (Lipinski definition) is 2. The summed E-state index contributed by atoms with van der Waals surface area (Å²) in [6, 6.07) is 29.4. The summed E-state index contributed by atoms with van der Waals surface area (Å²) in [5, 5.41) is 1.04. The molecule has 0 amide bonds. The van der Waals surface area contributed by atoms with Crippen LogP contribution >= 0.6 is 0 Å². The minimum absolute atomic E-state index is 0.0879. The molecule has 2 heteroatoms. The van der Waals surface area contributed by atoms with E-state index in [0.29, 0.717) is 5.56 Å². The molecule has 0 aliphatic rings. The highest BCUT2D eigenvalue weighted by atomic mass is 16.1. The second-order valence-corrected chi connectivity index (χ2v) is 6.00. The van der Waals surface area contributed by atoms with Gasteiger partial charge in [0.05, 0.1) is 11.4 Å². The Morgan fingerprint density at radius 2 is 1.40 bits per heavy atom. The first-order valence-electron chi connectivity index (χ1n) is 8.32. The molecular formula is C23H17NO. The van der Waals surface area contributed by atoms with Gasteiger partial charge in [0.25, 0.3) is 0 Å². The number of fused-ring (bicyclic) bond motifs is 1. The molecular weight excluding hydrogens is 306 g/mol. The number of ketones is 1. The molecule has 1 heterocycles. The first-order chi connectivity index (χ1) is 12.3. The van der Waals surface area contributed by atoms with E-state index in [1.54, 1.807) is 6.20 Å². The summed E-state index contributed by atoms with van der Waals surface area (Å²) in [6.45, 7) is 0. The summed E-state index contributed by atoms with van der Waals surface area (Å²) in [5.74, 6) is -0.285. The smallest absolute Gasteiger partial charge is 0.174 e. The van der Waals surface area contributed by atoms with Crippen molar-refractivity contribution < 1.29 is 4.79 Å². The number of aromatic nitrogens is 1. The second kappa shape index (κ2) is 6.70. The van der Waals surface area contributed by atoms with Crippen molar-refractivity contribution >= 4 is 16.7 Å². The Labute approximate surface area is 146 Å². The van der Waals surface area contributed by atoms with E-state index in [1.165, 1.54) is 0 Å². The van der Waals surface area contributed by atoms with Crippen molar-refractivity contribution in [1.29, 1.82) is 0 Å². The van der Waals surface area contributed by atoms with Gasteiger partial charge in [-0.15, -0.1) is 0 Å². The number of nitrogens with zero attached hydrogens (tertiary/aromatic N) is 1. The van der Waals surface area contributed by atoms with E-state index >= 15 is 0 Å². The number of para-hydroxylation sites is 1. The van der Waals surface area contributed by atoms with Gasteiger partial charge in [-0.2, -0.15) is 0 Å². The van der Waals surface area contributed by atoms with Gasteiger partial charge in [0.1, 0.15) is 0 Å². The molecule has 4 rings (SSSR count). The number of pyridine rings is 1. The maximum Gasteiger partial charge on any atom is 0.174 e. The zero-order valence-corrected chi connectivity index (χ0v) is 13.7. The number of rotatable bonds is 4. The molecule has 1 atom stereocenters. The van der Waals surface area contributed by atoms with Gasteiger partial charge in [0.15, 0.2) is 5.78 Å². The Kier molecular flexibility index (Phi) is 4.09. The molecule has 0 saturated carbocycles. The van der Waals surface area contributed by atoms with Crippen LogP contribution in [0.3, 0.4) is 0 Å². The lowest BCUT2D eigenvalue weighted by Gasteiger charge is -2.18. The van der Waals surface area contributed by atoms with Gasteiger partial charge < -0.3 is 0 Å². The molecule has 0 spiro atoms. The third kappa shape index (κ3) is 2.94. The monoisotopic (exact) mass is 323 g/mol. The van der Waals surface area contributed by atoms with Crippen molar-refractivity contribution in [2.45, 2.75) is 5.92 Å². The number of carbonyl (C=O) groups excluding carboxylic acids is 1. The zero-order valence-electron chi connectivity index (χ0n) is 13.7. The first-order valence-corrected chi connectivity index (χ1v) is 8.32. The average Bonchev–Trinajstić information content (AvgIpc) is 2.70. The van der Waals surface area contributed by atoms with E-state index in [9.17, 15) is 4.79 Å². The quantitative estimate of drug-likeness (QED) is 0.480. The lowest BCUT2D eigenvalue weighted by atomic mass is 9.84. The van der Waals surface area contributed by atoms with Gasteiger partial charge in [-0.25, -0.2) is 0 Å². The maximum absolute atomic E-state index is 13.4. The van der Waals surface area contributed by atoms with E-state index in [2.05, 4.69) is 4.98 Å². The maximum atomic E-state index is 13.4. The van der Waals surface area contributed by atoms with E-state index in [-0.39, 0.29) is 11.7 Å². The van der Waals surface area contributed by atoms with E-state index in [4.69, 9.17) is 0 Å². The summed E-state index contributed by atoms with van der Waals surface area (Å²) < 4.78 is 0. The SMILES string of the molecule is O=C(c1ccccc1)C(c1ccccc1)c1cccc2cccnc12. The van der Waals surface area contributed by atoms with Crippen LogP contribution in [0.1, 0.15) is 27.4 Å². The zero-order chi connectivity index (χ0) is 17.1. The Balaban J connectivity index is 1.93. The van der Waals surface area contributed by atoms with Crippen LogP contribution in [0.25, 0.3) is 10.9 Å². The molecule has 0 N–H and O–H groups in total. The van der Waals surface area contributed by atoms with Crippen molar-refractivity contribution in [3.63, 3.8) is 0 Å². The number of benzene rings is 3. The molecule has 0 fully saturated rings. The van der Waals surface area contributed by atoms with Crippen LogP contribution in [0.4, 0.5) is 0 Å². The Bertz CT molecular complexity index is 1000. The lowest BCUT2D eigenvalue weighted by Crippen LogP contribution is -2.15. The molecule has 0 saturated heterocycles. The molecule has 0 bridgehead atoms. The molecule has 0 aliphatic heterocycles. The Morgan fingerprint density at radius 1 is 0.720 bits per heavy atom. The average molecular weight is 323 g/mol. The first kappa shape index (κ1) is 15.3. The highest BCUT2D eigenvalue weighted by molar-refractivity contribution is 6.05.